The molecule has 2 aromatic carbocycles. The first-order valence-electron chi connectivity index (χ1n) is 11.5. The fraction of sp³-hybridized carbons (Fsp3) is 0.308. The summed E-state index contributed by atoms with van der Waals surface area (Å²) in [6.45, 7) is 5.38. The molecule has 0 bridgehead atoms. The first kappa shape index (κ1) is 26.5. The average Bonchev–Trinajstić information content (AvgIpc) is 3.28. The van der Waals surface area contributed by atoms with Crippen molar-refractivity contribution in [2.24, 2.45) is 0 Å². The van der Waals surface area contributed by atoms with Crippen molar-refractivity contribution < 1.29 is 27.4 Å². The Bertz CT molecular complexity index is 1190. The van der Waals surface area contributed by atoms with Crippen LogP contribution in [-0.2, 0) is 0 Å². The summed E-state index contributed by atoms with van der Waals surface area (Å²) >= 11 is 0. The second-order valence-electron chi connectivity index (χ2n) is 7.68. The van der Waals surface area contributed by atoms with E-state index in [-0.39, 0.29) is 18.3 Å². The van der Waals surface area contributed by atoms with E-state index in [1.807, 2.05) is 26.0 Å². The number of nitrogens with zero attached hydrogens (tertiary/aromatic N) is 1. The monoisotopic (exact) mass is 500 g/mol. The van der Waals surface area contributed by atoms with Crippen LogP contribution in [0.2, 0.25) is 0 Å². The van der Waals surface area contributed by atoms with Crippen molar-refractivity contribution in [2.45, 2.75) is 33.1 Å². The molecule has 1 amide bonds. The second-order valence-corrected chi connectivity index (χ2v) is 7.68. The van der Waals surface area contributed by atoms with Crippen LogP contribution in [0.5, 0.6) is 11.5 Å². The molecule has 1 heterocycles. The van der Waals surface area contributed by atoms with Gasteiger partial charge in [-0.15, -0.1) is 13.2 Å². The Morgan fingerprint density at radius 2 is 1.67 bits per heavy atom. The number of benzene rings is 2. The van der Waals surface area contributed by atoms with Crippen molar-refractivity contribution in [1.82, 2.24) is 15.3 Å². The molecule has 3 N–H and O–H groups in total. The summed E-state index contributed by atoms with van der Waals surface area (Å²) in [4.78, 5) is 20.2. The van der Waals surface area contributed by atoms with Crippen LogP contribution in [0.25, 0.3) is 11.4 Å². The van der Waals surface area contributed by atoms with Crippen LogP contribution in [0.15, 0.2) is 48.5 Å². The number of aromatic amines is 1. The van der Waals surface area contributed by atoms with E-state index in [0.717, 1.165) is 18.4 Å². The van der Waals surface area contributed by atoms with Crippen LogP contribution in [0.4, 0.5) is 19.0 Å². The van der Waals surface area contributed by atoms with E-state index in [0.29, 0.717) is 41.7 Å². The highest BCUT2D eigenvalue weighted by molar-refractivity contribution is 5.97. The maximum absolute atomic E-state index is 12.5. The summed E-state index contributed by atoms with van der Waals surface area (Å²) < 4.78 is 46.1. The number of rotatable bonds is 10. The first-order chi connectivity index (χ1) is 17.3. The minimum absolute atomic E-state index is 0.0910. The van der Waals surface area contributed by atoms with Crippen molar-refractivity contribution in [3.8, 4) is 34.7 Å². The molecule has 0 unspecified atom stereocenters. The highest BCUT2D eigenvalue weighted by atomic mass is 19.4. The molecular weight excluding hydrogens is 473 g/mol. The highest BCUT2D eigenvalue weighted by Gasteiger charge is 2.30. The largest absolute Gasteiger partial charge is 0.573 e. The summed E-state index contributed by atoms with van der Waals surface area (Å²) in [5.74, 6) is 6.77. The Morgan fingerprint density at radius 1 is 1.00 bits per heavy atom. The Morgan fingerprint density at radius 3 is 2.31 bits per heavy atom. The zero-order valence-electron chi connectivity index (χ0n) is 20.0. The molecule has 0 aliphatic rings. The van der Waals surface area contributed by atoms with E-state index in [1.54, 1.807) is 12.1 Å². The Labute approximate surface area is 207 Å². The molecule has 190 valence electrons. The van der Waals surface area contributed by atoms with E-state index in [4.69, 9.17) is 4.74 Å². The van der Waals surface area contributed by atoms with Gasteiger partial charge in [-0.1, -0.05) is 25.7 Å². The lowest BCUT2D eigenvalue weighted by Crippen LogP contribution is -2.25. The normalized spacial score (nSPS) is 10.8. The molecule has 3 aromatic rings. The lowest BCUT2D eigenvalue weighted by molar-refractivity contribution is -0.274. The zero-order chi connectivity index (χ0) is 26.0. The first-order valence-corrected chi connectivity index (χ1v) is 11.5. The van der Waals surface area contributed by atoms with Gasteiger partial charge in [0.2, 0.25) is 0 Å². The lowest BCUT2D eigenvalue weighted by atomic mass is 10.2. The van der Waals surface area contributed by atoms with Gasteiger partial charge < -0.3 is 25.1 Å². The number of hydrogen-bond acceptors (Lipinski definition) is 5. The predicted octanol–water partition coefficient (Wildman–Crippen LogP) is 5.37. The SMILES string of the molecule is CCCNC(=O)c1[nH]c(-c2ccc(OCC#Cc3ccc(OC(F)(F)F)cc3)cc2)nc1NCCC. The van der Waals surface area contributed by atoms with E-state index in [2.05, 4.69) is 37.2 Å². The maximum Gasteiger partial charge on any atom is 0.573 e. The van der Waals surface area contributed by atoms with Crippen LogP contribution < -0.4 is 20.1 Å². The summed E-state index contributed by atoms with van der Waals surface area (Å²) in [6, 6.07) is 12.4. The molecule has 0 aliphatic heterocycles. The van der Waals surface area contributed by atoms with E-state index < -0.39 is 6.36 Å². The van der Waals surface area contributed by atoms with Gasteiger partial charge >= 0.3 is 6.36 Å². The van der Waals surface area contributed by atoms with Crippen molar-refractivity contribution >= 4 is 11.7 Å². The predicted molar refractivity (Wildman–Crippen MR) is 131 cm³/mol. The number of hydrogen-bond donors (Lipinski definition) is 3. The second kappa shape index (κ2) is 12.5. The molecule has 1 aromatic heterocycles. The van der Waals surface area contributed by atoms with Gasteiger partial charge in [0.05, 0.1) is 0 Å². The molecule has 7 nitrogen and oxygen atoms in total. The molecule has 0 radical (unpaired) electrons. The molecule has 36 heavy (non-hydrogen) atoms. The van der Waals surface area contributed by atoms with Crippen LogP contribution in [0.3, 0.4) is 0 Å². The van der Waals surface area contributed by atoms with Crippen molar-refractivity contribution in [2.75, 3.05) is 25.0 Å². The summed E-state index contributed by atoms with van der Waals surface area (Å²) in [7, 11) is 0. The summed E-state index contributed by atoms with van der Waals surface area (Å²) in [5, 5.41) is 6.04. The Hall–Kier alpha value is -4.13. The van der Waals surface area contributed by atoms with Gasteiger partial charge in [-0.05, 0) is 61.4 Å². The maximum atomic E-state index is 12.5. The van der Waals surface area contributed by atoms with Gasteiger partial charge in [-0.25, -0.2) is 4.98 Å². The minimum Gasteiger partial charge on any atom is -0.481 e. The molecule has 10 heteroatoms. The van der Waals surface area contributed by atoms with Crippen molar-refractivity contribution in [3.63, 3.8) is 0 Å². The number of nitrogens with one attached hydrogen (secondary N) is 3. The fourth-order valence-electron chi connectivity index (χ4n) is 3.08. The zero-order valence-corrected chi connectivity index (χ0v) is 20.0. The molecule has 0 saturated carbocycles. The van der Waals surface area contributed by atoms with E-state index in [9.17, 15) is 18.0 Å². The Balaban J connectivity index is 1.60. The van der Waals surface area contributed by atoms with Crippen molar-refractivity contribution in [3.05, 3.63) is 59.8 Å². The quantitative estimate of drug-likeness (QED) is 0.326. The minimum atomic E-state index is -4.73. The van der Waals surface area contributed by atoms with Crippen molar-refractivity contribution in [1.29, 1.82) is 0 Å². The molecule has 0 spiro atoms. The molecule has 0 saturated heterocycles. The smallest absolute Gasteiger partial charge is 0.481 e. The van der Waals surface area contributed by atoms with Gasteiger partial charge in [-0.2, -0.15) is 0 Å². The number of amides is 1. The molecule has 0 atom stereocenters. The van der Waals surface area contributed by atoms with Crippen LogP contribution in [0.1, 0.15) is 42.7 Å². The summed E-state index contributed by atoms with van der Waals surface area (Å²) in [6.07, 6.45) is -3.00. The third-order valence-corrected chi connectivity index (χ3v) is 4.77. The average molecular weight is 501 g/mol. The number of halogens is 3. The molecule has 0 aliphatic carbocycles. The number of imidazole rings is 1. The number of anilines is 1. The van der Waals surface area contributed by atoms with E-state index in [1.165, 1.54) is 24.3 Å². The number of alkyl halides is 3. The highest BCUT2D eigenvalue weighted by Crippen LogP contribution is 2.24. The number of carbonyl (C=O) groups excluding carboxylic acids is 1. The molecule has 0 fully saturated rings. The number of ether oxygens (including phenoxy) is 2. The van der Waals surface area contributed by atoms with Gasteiger partial charge in [0.15, 0.2) is 5.82 Å². The van der Waals surface area contributed by atoms with E-state index >= 15 is 0 Å². The molecular formula is C26H27F3N4O3. The third kappa shape index (κ3) is 7.98. The van der Waals surface area contributed by atoms with Gasteiger partial charge in [0, 0.05) is 24.2 Å². The van der Waals surface area contributed by atoms with Crippen LogP contribution in [-0.4, -0.2) is 41.9 Å². The topological polar surface area (TPSA) is 88.3 Å². The number of aromatic nitrogens is 2. The van der Waals surface area contributed by atoms with Gasteiger partial charge in [0.25, 0.3) is 5.91 Å². The van der Waals surface area contributed by atoms with Gasteiger partial charge in [-0.3, -0.25) is 4.79 Å². The fourth-order valence-corrected chi connectivity index (χ4v) is 3.08. The third-order valence-electron chi connectivity index (χ3n) is 4.77. The lowest BCUT2D eigenvalue weighted by Gasteiger charge is -2.08. The molecule has 3 rings (SSSR count). The summed E-state index contributed by atoms with van der Waals surface area (Å²) in [5.41, 5.74) is 1.71. The van der Waals surface area contributed by atoms with Crippen LogP contribution in [0, 0.1) is 11.8 Å². The number of H-pyrrole nitrogens is 1. The van der Waals surface area contributed by atoms with Crippen LogP contribution >= 0.6 is 0 Å². The standard InChI is InChI=1S/C26H27F3N4O3/c1-3-15-30-24-22(25(34)31-16-4-2)32-23(33-24)19-9-13-20(14-10-19)35-17-5-6-18-7-11-21(12-8-18)36-26(27,28)29/h7-14,30H,3-4,15-17H2,1-2H3,(H,31,34)(H,32,33). The van der Waals surface area contributed by atoms with Gasteiger partial charge in [0.1, 0.15) is 29.6 Å². The number of carbonyl (C=O) groups is 1. The Kier molecular flexibility index (Phi) is 9.22.